The van der Waals surface area contributed by atoms with Gasteiger partial charge in [0.15, 0.2) is 5.78 Å². The summed E-state index contributed by atoms with van der Waals surface area (Å²) in [4.78, 5) is 13.9. The Labute approximate surface area is 155 Å². The molecule has 138 valence electrons. The van der Waals surface area contributed by atoms with E-state index in [9.17, 15) is 13.2 Å². The van der Waals surface area contributed by atoms with Crippen molar-refractivity contribution in [2.75, 3.05) is 31.1 Å². The van der Waals surface area contributed by atoms with Gasteiger partial charge in [0.1, 0.15) is 0 Å². The Morgan fingerprint density at radius 1 is 0.923 bits per heavy atom. The van der Waals surface area contributed by atoms with Gasteiger partial charge in [-0.15, -0.1) is 0 Å². The topological polar surface area (TPSA) is 57.7 Å². The molecule has 6 heteroatoms. The van der Waals surface area contributed by atoms with E-state index in [2.05, 4.69) is 4.90 Å². The molecule has 0 bridgehead atoms. The molecule has 0 atom stereocenters. The smallest absolute Gasteiger partial charge is 0.243 e. The van der Waals surface area contributed by atoms with Crippen LogP contribution in [0.1, 0.15) is 28.4 Å². The number of rotatable bonds is 4. The van der Waals surface area contributed by atoms with E-state index in [0.717, 1.165) is 16.8 Å². The minimum atomic E-state index is -3.48. The Bertz CT molecular complexity index is 913. The van der Waals surface area contributed by atoms with Crippen LogP contribution in [0.5, 0.6) is 0 Å². The third kappa shape index (κ3) is 3.66. The van der Waals surface area contributed by atoms with Crippen molar-refractivity contribution >= 4 is 21.5 Å². The van der Waals surface area contributed by atoms with Gasteiger partial charge < -0.3 is 4.90 Å². The molecule has 0 unspecified atom stereocenters. The van der Waals surface area contributed by atoms with Crippen LogP contribution in [0.15, 0.2) is 47.4 Å². The Kier molecular flexibility index (Phi) is 5.16. The zero-order valence-electron chi connectivity index (χ0n) is 15.4. The van der Waals surface area contributed by atoms with Crippen molar-refractivity contribution in [3.63, 3.8) is 0 Å². The van der Waals surface area contributed by atoms with Gasteiger partial charge in [0.05, 0.1) is 4.90 Å². The predicted molar refractivity (Wildman–Crippen MR) is 103 cm³/mol. The molecule has 0 N–H and O–H groups in total. The van der Waals surface area contributed by atoms with Crippen molar-refractivity contribution in [2.45, 2.75) is 25.7 Å². The molecular weight excluding hydrogens is 348 g/mol. The van der Waals surface area contributed by atoms with E-state index in [1.165, 1.54) is 0 Å². The van der Waals surface area contributed by atoms with E-state index >= 15 is 0 Å². The van der Waals surface area contributed by atoms with Gasteiger partial charge in [-0.25, -0.2) is 8.42 Å². The summed E-state index contributed by atoms with van der Waals surface area (Å²) >= 11 is 0. The molecule has 2 aromatic rings. The zero-order valence-corrected chi connectivity index (χ0v) is 16.2. The normalized spacial score (nSPS) is 15.9. The van der Waals surface area contributed by atoms with E-state index in [-0.39, 0.29) is 5.78 Å². The van der Waals surface area contributed by atoms with Crippen LogP contribution in [-0.2, 0) is 10.0 Å². The highest BCUT2D eigenvalue weighted by atomic mass is 32.2. The number of ketones is 1. The fourth-order valence-corrected chi connectivity index (χ4v) is 4.95. The van der Waals surface area contributed by atoms with Gasteiger partial charge in [0, 0.05) is 37.4 Å². The van der Waals surface area contributed by atoms with Crippen molar-refractivity contribution in [2.24, 2.45) is 0 Å². The minimum Gasteiger partial charge on any atom is -0.369 e. The maximum absolute atomic E-state index is 13.0. The van der Waals surface area contributed by atoms with Gasteiger partial charge >= 0.3 is 0 Å². The fourth-order valence-electron chi connectivity index (χ4n) is 3.22. The number of sulfonamides is 1. The summed E-state index contributed by atoms with van der Waals surface area (Å²) < 4.78 is 27.6. The van der Waals surface area contributed by atoms with Gasteiger partial charge in [-0.1, -0.05) is 12.1 Å². The molecule has 2 aromatic carbocycles. The lowest BCUT2D eigenvalue weighted by atomic mass is 10.1. The summed E-state index contributed by atoms with van der Waals surface area (Å²) in [6, 6.07) is 13.0. The lowest BCUT2D eigenvalue weighted by molar-refractivity contribution is 0.101. The number of nitrogens with zero attached hydrogens (tertiary/aromatic N) is 2. The van der Waals surface area contributed by atoms with Crippen molar-refractivity contribution in [3.05, 3.63) is 59.2 Å². The van der Waals surface area contributed by atoms with Crippen LogP contribution < -0.4 is 4.90 Å². The second kappa shape index (κ2) is 7.21. The number of hydrogen-bond donors (Lipinski definition) is 0. The van der Waals surface area contributed by atoms with Crippen LogP contribution in [0.3, 0.4) is 0 Å². The summed E-state index contributed by atoms with van der Waals surface area (Å²) in [5.41, 5.74) is 3.42. The van der Waals surface area contributed by atoms with Crippen LogP contribution in [0.4, 0.5) is 5.69 Å². The van der Waals surface area contributed by atoms with E-state index in [4.69, 9.17) is 0 Å². The molecule has 3 rings (SSSR count). The monoisotopic (exact) mass is 372 g/mol. The number of aryl methyl sites for hydroxylation is 2. The molecule has 0 amide bonds. The lowest BCUT2D eigenvalue weighted by Crippen LogP contribution is -2.48. The molecule has 1 saturated heterocycles. The van der Waals surface area contributed by atoms with Crippen molar-refractivity contribution in [1.29, 1.82) is 0 Å². The molecule has 0 aromatic heterocycles. The van der Waals surface area contributed by atoms with E-state index in [0.29, 0.717) is 36.6 Å². The van der Waals surface area contributed by atoms with Gasteiger partial charge in [0.25, 0.3) is 0 Å². The molecule has 0 aliphatic carbocycles. The summed E-state index contributed by atoms with van der Waals surface area (Å²) in [5, 5.41) is 0. The first-order chi connectivity index (χ1) is 12.3. The average Bonchev–Trinajstić information content (AvgIpc) is 2.64. The zero-order chi connectivity index (χ0) is 18.9. The fraction of sp³-hybridized carbons (Fsp3) is 0.350. The van der Waals surface area contributed by atoms with Gasteiger partial charge in [-0.3, -0.25) is 4.79 Å². The maximum atomic E-state index is 13.0. The quantitative estimate of drug-likeness (QED) is 0.774. The van der Waals surface area contributed by atoms with Gasteiger partial charge in [0.2, 0.25) is 10.0 Å². The summed E-state index contributed by atoms with van der Waals surface area (Å²) in [5.74, 6) is 0.0426. The summed E-state index contributed by atoms with van der Waals surface area (Å²) in [6.07, 6.45) is 0. The molecule has 0 radical (unpaired) electrons. The van der Waals surface area contributed by atoms with Gasteiger partial charge in [-0.05, 0) is 62.2 Å². The number of Topliss-reactive ketones (excluding diaryl/α,β-unsaturated/α-hetero) is 1. The maximum Gasteiger partial charge on any atom is 0.243 e. The SMILES string of the molecule is CC(=O)c1ccc(N2CCN(S(=O)(=O)c3cc(C)ccc3C)CC2)cc1. The van der Waals surface area contributed by atoms with Crippen LogP contribution in [-0.4, -0.2) is 44.7 Å². The minimum absolute atomic E-state index is 0.0426. The van der Waals surface area contributed by atoms with Crippen LogP contribution in [0, 0.1) is 13.8 Å². The molecule has 1 heterocycles. The first-order valence-electron chi connectivity index (χ1n) is 8.72. The first-order valence-corrected chi connectivity index (χ1v) is 10.2. The number of benzene rings is 2. The van der Waals surface area contributed by atoms with Crippen molar-refractivity contribution < 1.29 is 13.2 Å². The standard InChI is InChI=1S/C20H24N2O3S/c1-15-4-5-16(2)20(14-15)26(24,25)22-12-10-21(11-13-22)19-8-6-18(7-9-19)17(3)23/h4-9,14H,10-13H2,1-3H3. The van der Waals surface area contributed by atoms with Crippen LogP contribution in [0.2, 0.25) is 0 Å². The van der Waals surface area contributed by atoms with E-state index in [1.54, 1.807) is 17.3 Å². The highest BCUT2D eigenvalue weighted by Gasteiger charge is 2.29. The molecule has 0 spiro atoms. The highest BCUT2D eigenvalue weighted by Crippen LogP contribution is 2.24. The molecule has 26 heavy (non-hydrogen) atoms. The Hall–Kier alpha value is -2.18. The first kappa shape index (κ1) is 18.6. The van der Waals surface area contributed by atoms with Gasteiger partial charge in [-0.2, -0.15) is 4.31 Å². The van der Waals surface area contributed by atoms with Crippen LogP contribution >= 0.6 is 0 Å². The van der Waals surface area contributed by atoms with E-state index < -0.39 is 10.0 Å². The number of hydrogen-bond acceptors (Lipinski definition) is 4. The number of anilines is 1. The second-order valence-corrected chi connectivity index (χ2v) is 8.67. The Balaban J connectivity index is 1.73. The largest absolute Gasteiger partial charge is 0.369 e. The summed E-state index contributed by atoms with van der Waals surface area (Å²) in [6.45, 7) is 7.44. The molecular formula is C20H24N2O3S. The molecule has 1 fully saturated rings. The molecule has 5 nitrogen and oxygen atoms in total. The third-order valence-electron chi connectivity index (χ3n) is 4.84. The van der Waals surface area contributed by atoms with Crippen molar-refractivity contribution in [1.82, 2.24) is 4.31 Å². The van der Waals surface area contributed by atoms with Crippen molar-refractivity contribution in [3.8, 4) is 0 Å². The van der Waals surface area contributed by atoms with Crippen LogP contribution in [0.25, 0.3) is 0 Å². The van der Waals surface area contributed by atoms with E-state index in [1.807, 2.05) is 50.2 Å². The number of carbonyl (C=O) groups excluding carboxylic acids is 1. The second-order valence-electron chi connectivity index (χ2n) is 6.76. The molecule has 1 aliphatic rings. The summed E-state index contributed by atoms with van der Waals surface area (Å²) in [7, 11) is -3.48. The Morgan fingerprint density at radius 2 is 1.54 bits per heavy atom. The molecule has 1 aliphatic heterocycles. The number of carbonyl (C=O) groups is 1. The Morgan fingerprint density at radius 3 is 2.12 bits per heavy atom. The predicted octanol–water partition coefficient (Wildman–Crippen LogP) is 3.02. The highest BCUT2D eigenvalue weighted by molar-refractivity contribution is 7.89. The lowest BCUT2D eigenvalue weighted by Gasteiger charge is -2.35. The molecule has 0 saturated carbocycles. The third-order valence-corrected chi connectivity index (χ3v) is 6.88. The average molecular weight is 372 g/mol. The number of piperazine rings is 1.